The average molecular weight is 279 g/mol. The molecule has 1 aliphatic carbocycles. The van der Waals surface area contributed by atoms with Crippen LogP contribution in [0.25, 0.3) is 0 Å². The lowest BCUT2D eigenvalue weighted by Crippen LogP contribution is -2.57. The van der Waals surface area contributed by atoms with Crippen LogP contribution in [0.2, 0.25) is 0 Å². The van der Waals surface area contributed by atoms with Crippen LogP contribution in [0.3, 0.4) is 0 Å². The second kappa shape index (κ2) is 5.83. The Labute approximate surface area is 120 Å². The summed E-state index contributed by atoms with van der Waals surface area (Å²) in [5.41, 5.74) is 6.87. The fraction of sp³-hybridized carbons (Fsp3) is 0.714. The number of likely N-dealkylation sites (N-methyl/N-ethyl adjacent to an activating group) is 2. The third kappa shape index (κ3) is 2.65. The Bertz CT molecular complexity index is 459. The second-order valence-corrected chi connectivity index (χ2v) is 5.68. The van der Waals surface area contributed by atoms with Crippen LogP contribution < -0.4 is 15.4 Å². The molecule has 0 atom stereocenters. The second-order valence-electron chi connectivity index (χ2n) is 5.68. The maximum atomic E-state index is 6.12. The van der Waals surface area contributed by atoms with Gasteiger partial charge in [0, 0.05) is 19.1 Å². The van der Waals surface area contributed by atoms with Gasteiger partial charge in [-0.25, -0.2) is 4.98 Å². The highest BCUT2D eigenvalue weighted by molar-refractivity contribution is 5.67. The number of nitrogen functional groups attached to an aromatic ring is 1. The first-order chi connectivity index (χ1) is 9.50. The molecule has 0 unspecified atom stereocenters. The lowest BCUT2D eigenvalue weighted by Gasteiger charge is -2.49. The first-order valence-electron chi connectivity index (χ1n) is 7.12. The van der Waals surface area contributed by atoms with Crippen LogP contribution in [0.1, 0.15) is 26.2 Å². The molecular weight excluding hydrogens is 254 g/mol. The van der Waals surface area contributed by atoms with Gasteiger partial charge in [-0.1, -0.05) is 0 Å². The number of hydrogen-bond acceptors (Lipinski definition) is 6. The number of rotatable bonds is 6. The summed E-state index contributed by atoms with van der Waals surface area (Å²) in [6.45, 7) is 3.37. The number of nitrogens with two attached hydrogens (primary N) is 1. The van der Waals surface area contributed by atoms with Crippen molar-refractivity contribution in [2.45, 2.75) is 31.7 Å². The van der Waals surface area contributed by atoms with Crippen molar-refractivity contribution in [3.05, 3.63) is 6.33 Å². The van der Waals surface area contributed by atoms with Crippen LogP contribution in [0.15, 0.2) is 6.33 Å². The lowest BCUT2D eigenvalue weighted by molar-refractivity contribution is 0.0682. The molecule has 20 heavy (non-hydrogen) atoms. The van der Waals surface area contributed by atoms with Gasteiger partial charge in [0.2, 0.25) is 5.88 Å². The van der Waals surface area contributed by atoms with E-state index < -0.39 is 0 Å². The zero-order valence-electron chi connectivity index (χ0n) is 12.9. The minimum atomic E-state index is 0.234. The normalized spacial score (nSPS) is 16.9. The largest absolute Gasteiger partial charge is 0.476 e. The minimum Gasteiger partial charge on any atom is -0.476 e. The molecule has 0 aliphatic heterocycles. The van der Waals surface area contributed by atoms with Gasteiger partial charge < -0.3 is 20.3 Å². The van der Waals surface area contributed by atoms with Gasteiger partial charge >= 0.3 is 0 Å². The predicted molar refractivity (Wildman–Crippen MR) is 81.2 cm³/mol. The number of anilines is 2. The molecule has 0 bridgehead atoms. The van der Waals surface area contributed by atoms with Crippen LogP contribution in [0.4, 0.5) is 11.5 Å². The molecular formula is C14H25N5O. The van der Waals surface area contributed by atoms with E-state index in [2.05, 4.69) is 33.9 Å². The van der Waals surface area contributed by atoms with Gasteiger partial charge in [-0.3, -0.25) is 0 Å². The highest BCUT2D eigenvalue weighted by Crippen LogP contribution is 2.38. The van der Waals surface area contributed by atoms with Crippen LogP contribution in [-0.2, 0) is 0 Å². The minimum absolute atomic E-state index is 0.234. The summed E-state index contributed by atoms with van der Waals surface area (Å²) in [5.74, 6) is 1.22. The topological polar surface area (TPSA) is 67.5 Å². The molecule has 1 aliphatic rings. The van der Waals surface area contributed by atoms with Gasteiger partial charge in [-0.15, -0.1) is 0 Å². The third-order valence-electron chi connectivity index (χ3n) is 4.23. The third-order valence-corrected chi connectivity index (χ3v) is 4.23. The van der Waals surface area contributed by atoms with Crippen LogP contribution >= 0.6 is 0 Å². The molecule has 2 rings (SSSR count). The molecule has 1 saturated carbocycles. The number of ether oxygens (including phenoxy) is 1. The predicted octanol–water partition coefficient (Wildman–Crippen LogP) is 1.38. The van der Waals surface area contributed by atoms with E-state index in [9.17, 15) is 0 Å². The molecule has 6 heteroatoms. The molecule has 0 aromatic carbocycles. The quantitative estimate of drug-likeness (QED) is 0.848. The SMILES string of the molecule is CCOc1ncnc(N(C)CC2(N(C)C)CCC2)c1N. The summed E-state index contributed by atoms with van der Waals surface area (Å²) in [7, 11) is 6.31. The highest BCUT2D eigenvalue weighted by Gasteiger charge is 2.40. The molecule has 1 fully saturated rings. The zero-order chi connectivity index (χ0) is 14.8. The van der Waals surface area contributed by atoms with E-state index in [0.29, 0.717) is 18.2 Å². The average Bonchev–Trinajstić information content (AvgIpc) is 2.36. The van der Waals surface area contributed by atoms with Gasteiger partial charge in [0.25, 0.3) is 0 Å². The Kier molecular flexibility index (Phi) is 4.32. The Balaban J connectivity index is 2.17. The van der Waals surface area contributed by atoms with E-state index in [1.165, 1.54) is 25.6 Å². The van der Waals surface area contributed by atoms with Gasteiger partial charge in [-0.2, -0.15) is 4.98 Å². The Morgan fingerprint density at radius 3 is 2.50 bits per heavy atom. The first-order valence-corrected chi connectivity index (χ1v) is 7.12. The fourth-order valence-electron chi connectivity index (χ4n) is 2.77. The van der Waals surface area contributed by atoms with Crippen molar-refractivity contribution in [2.24, 2.45) is 0 Å². The molecule has 1 aromatic heterocycles. The summed E-state index contributed by atoms with van der Waals surface area (Å²) in [6, 6.07) is 0. The van der Waals surface area contributed by atoms with Gasteiger partial charge in [-0.05, 0) is 40.3 Å². The monoisotopic (exact) mass is 279 g/mol. The molecule has 0 amide bonds. The Morgan fingerprint density at radius 1 is 1.30 bits per heavy atom. The molecule has 2 N–H and O–H groups in total. The highest BCUT2D eigenvalue weighted by atomic mass is 16.5. The molecule has 112 valence electrons. The fourth-order valence-corrected chi connectivity index (χ4v) is 2.77. The summed E-state index contributed by atoms with van der Waals surface area (Å²) in [6.07, 6.45) is 5.23. The molecule has 6 nitrogen and oxygen atoms in total. The van der Waals surface area contributed by atoms with Crippen molar-refractivity contribution in [3.8, 4) is 5.88 Å². The van der Waals surface area contributed by atoms with Gasteiger partial charge in [0.15, 0.2) is 5.82 Å². The van der Waals surface area contributed by atoms with E-state index in [-0.39, 0.29) is 5.54 Å². The van der Waals surface area contributed by atoms with E-state index >= 15 is 0 Å². The number of nitrogens with zero attached hydrogens (tertiary/aromatic N) is 4. The van der Waals surface area contributed by atoms with Crippen LogP contribution in [0.5, 0.6) is 5.88 Å². The summed E-state index contributed by atoms with van der Waals surface area (Å²) in [5, 5.41) is 0. The summed E-state index contributed by atoms with van der Waals surface area (Å²) >= 11 is 0. The van der Waals surface area contributed by atoms with Crippen molar-refractivity contribution in [1.29, 1.82) is 0 Å². The zero-order valence-corrected chi connectivity index (χ0v) is 12.9. The van der Waals surface area contributed by atoms with Crippen molar-refractivity contribution >= 4 is 11.5 Å². The summed E-state index contributed by atoms with van der Waals surface area (Å²) in [4.78, 5) is 12.8. The van der Waals surface area contributed by atoms with Crippen LogP contribution in [-0.4, -0.2) is 54.7 Å². The van der Waals surface area contributed by atoms with E-state index in [1.54, 1.807) is 0 Å². The maximum absolute atomic E-state index is 6.12. The van der Waals surface area contributed by atoms with E-state index in [4.69, 9.17) is 10.5 Å². The summed E-state index contributed by atoms with van der Waals surface area (Å²) < 4.78 is 5.43. The number of hydrogen-bond donors (Lipinski definition) is 1. The van der Waals surface area contributed by atoms with E-state index in [0.717, 1.165) is 12.4 Å². The lowest BCUT2D eigenvalue weighted by atomic mass is 9.75. The standard InChI is InChI=1S/C14H25N5O/c1-5-20-13-11(15)12(16-10-17-13)19(4)9-14(18(2)3)7-6-8-14/h10H,5-9,15H2,1-4H3. The maximum Gasteiger partial charge on any atom is 0.242 e. The van der Waals surface area contributed by atoms with Crippen molar-refractivity contribution in [2.75, 3.05) is 44.9 Å². The Morgan fingerprint density at radius 2 is 2.00 bits per heavy atom. The first kappa shape index (κ1) is 14.8. The van der Waals surface area contributed by atoms with Gasteiger partial charge in [0.05, 0.1) is 6.61 Å². The number of aromatic nitrogens is 2. The molecule has 0 saturated heterocycles. The smallest absolute Gasteiger partial charge is 0.242 e. The molecule has 0 spiro atoms. The van der Waals surface area contributed by atoms with E-state index in [1.807, 2.05) is 14.0 Å². The molecule has 1 heterocycles. The van der Waals surface area contributed by atoms with Crippen molar-refractivity contribution < 1.29 is 4.74 Å². The van der Waals surface area contributed by atoms with Gasteiger partial charge in [0.1, 0.15) is 12.0 Å². The molecule has 1 aromatic rings. The van der Waals surface area contributed by atoms with Crippen molar-refractivity contribution in [1.82, 2.24) is 14.9 Å². The van der Waals surface area contributed by atoms with Crippen molar-refractivity contribution in [3.63, 3.8) is 0 Å². The van der Waals surface area contributed by atoms with Crippen LogP contribution in [0, 0.1) is 0 Å². The Hall–Kier alpha value is -1.56. The molecule has 0 radical (unpaired) electrons.